The van der Waals surface area contributed by atoms with E-state index in [4.69, 9.17) is 0 Å². The van der Waals surface area contributed by atoms with E-state index in [1.165, 1.54) is 12.1 Å². The second-order valence-corrected chi connectivity index (χ2v) is 10.8. The molecule has 1 fully saturated rings. The fourth-order valence-electron chi connectivity index (χ4n) is 3.94. The summed E-state index contributed by atoms with van der Waals surface area (Å²) >= 11 is 0. The molecule has 4 nitrogen and oxygen atoms in total. The van der Waals surface area contributed by atoms with Crippen molar-refractivity contribution in [2.45, 2.75) is 64.4 Å². The van der Waals surface area contributed by atoms with Crippen LogP contribution in [0, 0.1) is 5.92 Å². The van der Waals surface area contributed by atoms with E-state index in [-0.39, 0.29) is 6.04 Å². The highest BCUT2D eigenvalue weighted by Crippen LogP contribution is 2.30. The zero-order valence-corrected chi connectivity index (χ0v) is 18.6. The Morgan fingerprint density at radius 2 is 1.79 bits per heavy atom. The molecule has 1 aliphatic rings. The van der Waals surface area contributed by atoms with Crippen LogP contribution in [-0.4, -0.2) is 55.1 Å². The molecule has 0 bridgehead atoms. The molecule has 0 saturated carbocycles. The van der Waals surface area contributed by atoms with E-state index < -0.39 is 27.0 Å². The van der Waals surface area contributed by atoms with Gasteiger partial charge in [0, 0.05) is 25.7 Å². The van der Waals surface area contributed by atoms with Crippen molar-refractivity contribution in [3.63, 3.8) is 0 Å². The van der Waals surface area contributed by atoms with Crippen molar-refractivity contribution in [1.29, 1.82) is 0 Å². The largest absolute Gasteiger partial charge is 0.416 e. The molecule has 1 aliphatic heterocycles. The first kappa shape index (κ1) is 24.2. The van der Waals surface area contributed by atoms with Crippen LogP contribution in [0.2, 0.25) is 0 Å². The van der Waals surface area contributed by atoms with E-state index >= 15 is 0 Å². The van der Waals surface area contributed by atoms with Gasteiger partial charge in [-0.05, 0) is 64.1 Å². The van der Waals surface area contributed by atoms with Gasteiger partial charge in [-0.25, -0.2) is 12.7 Å². The minimum atomic E-state index is -4.33. The topological polar surface area (TPSA) is 40.6 Å². The van der Waals surface area contributed by atoms with Crippen LogP contribution in [0.1, 0.15) is 51.7 Å². The average Bonchev–Trinajstić information content (AvgIpc) is 2.65. The molecular weight excluding hydrogens is 401 g/mol. The van der Waals surface area contributed by atoms with Gasteiger partial charge in [0.05, 0.1) is 10.8 Å². The average molecular weight is 435 g/mol. The molecule has 29 heavy (non-hydrogen) atoms. The van der Waals surface area contributed by atoms with Crippen molar-refractivity contribution in [1.82, 2.24) is 9.21 Å². The van der Waals surface area contributed by atoms with Gasteiger partial charge in [0.15, 0.2) is 0 Å². The van der Waals surface area contributed by atoms with Gasteiger partial charge in [-0.1, -0.05) is 25.1 Å². The fourth-order valence-corrected chi connectivity index (χ4v) is 5.26. The summed E-state index contributed by atoms with van der Waals surface area (Å²) in [5.74, 6) is 0.400. The minimum Gasteiger partial charge on any atom is -0.300 e. The molecule has 1 aromatic rings. The van der Waals surface area contributed by atoms with Gasteiger partial charge in [0.2, 0.25) is 10.0 Å². The Hall–Kier alpha value is -1.12. The summed E-state index contributed by atoms with van der Waals surface area (Å²) in [6.07, 6.45) is -2.14. The van der Waals surface area contributed by atoms with Gasteiger partial charge in [0.25, 0.3) is 0 Å². The summed E-state index contributed by atoms with van der Waals surface area (Å²) in [7, 11) is -3.20. The van der Waals surface area contributed by atoms with Gasteiger partial charge in [-0.15, -0.1) is 0 Å². The number of nitrogens with zero attached hydrogens (tertiary/aromatic N) is 2. The zero-order chi connectivity index (χ0) is 21.8. The molecule has 0 aliphatic carbocycles. The van der Waals surface area contributed by atoms with Gasteiger partial charge in [-0.2, -0.15) is 13.2 Å². The molecule has 1 unspecified atom stereocenters. The lowest BCUT2D eigenvalue weighted by molar-refractivity contribution is -0.137. The Labute approximate surface area is 173 Å². The number of sulfonamides is 1. The molecule has 166 valence electrons. The van der Waals surface area contributed by atoms with Crippen LogP contribution in [0.3, 0.4) is 0 Å². The van der Waals surface area contributed by atoms with Crippen LogP contribution >= 0.6 is 0 Å². The summed E-state index contributed by atoms with van der Waals surface area (Å²) in [6, 6.07) is 5.66. The maximum atomic E-state index is 12.9. The maximum Gasteiger partial charge on any atom is 0.416 e. The molecule has 1 heterocycles. The molecule has 1 atom stereocenters. The van der Waals surface area contributed by atoms with Crippen LogP contribution in [0.25, 0.3) is 0 Å². The van der Waals surface area contributed by atoms with Crippen molar-refractivity contribution >= 4 is 10.0 Å². The fraction of sp³-hybridized carbons (Fsp3) is 0.714. The SMILES string of the molecule is CCN(CC1CCN(S(=O)(=O)C(C)C)CC1)C(C)Cc1cccc(C(F)(F)F)c1. The number of hydrogen-bond acceptors (Lipinski definition) is 3. The molecule has 1 aromatic carbocycles. The molecular formula is C21H33F3N2O2S. The molecule has 8 heteroatoms. The van der Waals surface area contributed by atoms with Crippen LogP contribution < -0.4 is 0 Å². The van der Waals surface area contributed by atoms with Gasteiger partial charge in [0.1, 0.15) is 0 Å². The second-order valence-electron chi connectivity index (χ2n) is 8.27. The Balaban J connectivity index is 1.94. The lowest BCUT2D eigenvalue weighted by atomic mass is 9.96. The lowest BCUT2D eigenvalue weighted by Crippen LogP contribution is -2.45. The van der Waals surface area contributed by atoms with Crippen LogP contribution in [0.15, 0.2) is 24.3 Å². The third-order valence-electron chi connectivity index (χ3n) is 5.84. The van der Waals surface area contributed by atoms with Crippen molar-refractivity contribution in [3.8, 4) is 0 Å². The molecule has 0 spiro atoms. The monoisotopic (exact) mass is 434 g/mol. The molecule has 0 aromatic heterocycles. The Morgan fingerprint density at radius 1 is 1.17 bits per heavy atom. The van der Waals surface area contributed by atoms with E-state index in [1.54, 1.807) is 24.2 Å². The summed E-state index contributed by atoms with van der Waals surface area (Å²) in [5, 5.41) is -0.404. The van der Waals surface area contributed by atoms with Crippen molar-refractivity contribution in [2.75, 3.05) is 26.2 Å². The first-order chi connectivity index (χ1) is 13.4. The highest BCUT2D eigenvalue weighted by molar-refractivity contribution is 7.89. The number of benzene rings is 1. The number of piperidine rings is 1. The van der Waals surface area contributed by atoms with E-state index in [2.05, 4.69) is 11.8 Å². The minimum absolute atomic E-state index is 0.112. The molecule has 2 rings (SSSR count). The maximum absolute atomic E-state index is 12.9. The van der Waals surface area contributed by atoms with E-state index in [9.17, 15) is 21.6 Å². The van der Waals surface area contributed by atoms with Crippen LogP contribution in [0.5, 0.6) is 0 Å². The molecule has 0 amide bonds. The Morgan fingerprint density at radius 3 is 2.31 bits per heavy atom. The standard InChI is InChI=1S/C21H33F3N2O2S/c1-5-25(15-18-9-11-26(12-10-18)29(27,28)16(2)3)17(4)13-19-7-6-8-20(14-19)21(22,23)24/h6-8,14,16-18H,5,9-13,15H2,1-4H3. The molecule has 0 radical (unpaired) electrons. The summed E-state index contributed by atoms with van der Waals surface area (Å²) in [5.41, 5.74) is 0.0765. The van der Waals surface area contributed by atoms with E-state index in [0.717, 1.165) is 32.0 Å². The first-order valence-corrected chi connectivity index (χ1v) is 11.8. The Kier molecular flexibility index (Phi) is 8.15. The lowest BCUT2D eigenvalue weighted by Gasteiger charge is -2.36. The number of likely N-dealkylation sites (N-methyl/N-ethyl adjacent to an activating group) is 1. The highest BCUT2D eigenvalue weighted by atomic mass is 32.2. The van der Waals surface area contributed by atoms with Crippen LogP contribution in [-0.2, 0) is 22.6 Å². The van der Waals surface area contributed by atoms with Crippen molar-refractivity contribution < 1.29 is 21.6 Å². The zero-order valence-electron chi connectivity index (χ0n) is 17.7. The van der Waals surface area contributed by atoms with Gasteiger partial charge in [-0.3, -0.25) is 0 Å². The summed E-state index contributed by atoms with van der Waals surface area (Å²) in [6.45, 7) is 10.3. The predicted octanol–water partition coefficient (Wildman–Crippen LogP) is 4.41. The number of rotatable bonds is 8. The highest BCUT2D eigenvalue weighted by Gasteiger charge is 2.32. The first-order valence-electron chi connectivity index (χ1n) is 10.3. The number of halogens is 3. The molecule has 1 saturated heterocycles. The summed E-state index contributed by atoms with van der Waals surface area (Å²) < 4.78 is 65.1. The van der Waals surface area contributed by atoms with Gasteiger partial charge < -0.3 is 4.90 Å². The van der Waals surface area contributed by atoms with E-state index in [1.807, 2.05) is 6.92 Å². The second kappa shape index (κ2) is 9.79. The van der Waals surface area contributed by atoms with Gasteiger partial charge >= 0.3 is 6.18 Å². The molecule has 0 N–H and O–H groups in total. The summed E-state index contributed by atoms with van der Waals surface area (Å²) in [4.78, 5) is 2.29. The number of hydrogen-bond donors (Lipinski definition) is 0. The third-order valence-corrected chi connectivity index (χ3v) is 8.11. The van der Waals surface area contributed by atoms with Crippen molar-refractivity contribution in [3.05, 3.63) is 35.4 Å². The van der Waals surface area contributed by atoms with Crippen molar-refractivity contribution in [2.24, 2.45) is 5.92 Å². The smallest absolute Gasteiger partial charge is 0.300 e. The quantitative estimate of drug-likeness (QED) is 0.609. The number of alkyl halides is 3. The van der Waals surface area contributed by atoms with Crippen LogP contribution in [0.4, 0.5) is 13.2 Å². The Bertz CT molecular complexity index is 757. The third kappa shape index (κ3) is 6.43. The van der Waals surface area contributed by atoms with E-state index in [0.29, 0.717) is 31.0 Å². The predicted molar refractivity (Wildman–Crippen MR) is 110 cm³/mol. The normalized spacial score (nSPS) is 18.5.